The molecule has 2 unspecified atom stereocenters. The third-order valence-corrected chi connectivity index (χ3v) is 7.81. The number of benzene rings is 1. The molecule has 1 saturated carbocycles. The zero-order chi connectivity index (χ0) is 30.2. The molecule has 1 aliphatic heterocycles. The van der Waals surface area contributed by atoms with E-state index in [9.17, 15) is 22.8 Å². The molecule has 2 aliphatic rings. The van der Waals surface area contributed by atoms with Crippen LogP contribution in [0.4, 0.5) is 19.0 Å². The molecule has 0 radical (unpaired) electrons. The molecule has 1 fully saturated rings. The lowest BCUT2D eigenvalue weighted by Crippen LogP contribution is -2.62. The predicted octanol–water partition coefficient (Wildman–Crippen LogP) is 4.58. The first-order valence-corrected chi connectivity index (χ1v) is 13.6. The Labute approximate surface area is 244 Å². The second-order valence-electron chi connectivity index (χ2n) is 10.5. The number of halogens is 3. The minimum absolute atomic E-state index is 0.167. The molecule has 4 aromatic rings. The topological polar surface area (TPSA) is 124 Å². The third-order valence-electron chi connectivity index (χ3n) is 7.81. The van der Waals surface area contributed by atoms with Gasteiger partial charge in [0, 0.05) is 30.1 Å². The summed E-state index contributed by atoms with van der Waals surface area (Å²) >= 11 is 0. The normalized spacial score (nSPS) is 20.4. The number of rotatable bonds is 9. The van der Waals surface area contributed by atoms with E-state index in [1.165, 1.54) is 24.7 Å². The second kappa shape index (κ2) is 11.1. The molecule has 13 heteroatoms. The minimum Gasteiger partial charge on any atom is -0.376 e. The van der Waals surface area contributed by atoms with Gasteiger partial charge in [0.05, 0.1) is 37.6 Å². The van der Waals surface area contributed by atoms with Crippen LogP contribution in [-0.2, 0) is 34.3 Å². The van der Waals surface area contributed by atoms with E-state index in [4.69, 9.17) is 4.74 Å². The molecule has 1 N–H and O–H groups in total. The van der Waals surface area contributed by atoms with Crippen LogP contribution in [0.3, 0.4) is 0 Å². The maximum absolute atomic E-state index is 13.9. The Kier molecular flexibility index (Phi) is 7.34. The Hall–Kier alpha value is -4.78. The lowest BCUT2D eigenvalue weighted by Gasteiger charge is -2.45. The first kappa shape index (κ1) is 28.3. The number of ketones is 1. The van der Waals surface area contributed by atoms with Gasteiger partial charge in [-0.2, -0.15) is 18.3 Å². The fourth-order valence-corrected chi connectivity index (χ4v) is 5.41. The molecule has 3 aromatic heterocycles. The number of fused-ring (bicyclic) bond motifs is 1. The Morgan fingerprint density at radius 1 is 1.09 bits per heavy atom. The lowest BCUT2D eigenvalue weighted by atomic mass is 9.59. The number of amidine groups is 1. The number of nitrogens with one attached hydrogen (secondary N) is 1. The van der Waals surface area contributed by atoms with E-state index < -0.39 is 29.2 Å². The van der Waals surface area contributed by atoms with Crippen LogP contribution in [0.5, 0.6) is 0 Å². The van der Waals surface area contributed by atoms with Crippen molar-refractivity contribution in [3.63, 3.8) is 0 Å². The van der Waals surface area contributed by atoms with E-state index >= 15 is 0 Å². The van der Waals surface area contributed by atoms with Gasteiger partial charge < -0.3 is 10.1 Å². The molecule has 1 aliphatic carbocycles. The summed E-state index contributed by atoms with van der Waals surface area (Å²) in [6.07, 6.45) is 1.94. The molecular formula is C30H26F3N7O3. The van der Waals surface area contributed by atoms with Crippen molar-refractivity contribution in [2.75, 3.05) is 11.9 Å². The summed E-state index contributed by atoms with van der Waals surface area (Å²) in [5.41, 5.74) is 0.247. The SMILES string of the molecule is C[C@@H](c1ccc(C(F)(F)F)nc1)n1ncc2c1NC(C1(c3ncc(C=O)cn3)CC(COCc3ccccc3)C1=O)=NC2. The average molecular weight is 590 g/mol. The fourth-order valence-electron chi connectivity index (χ4n) is 5.41. The van der Waals surface area contributed by atoms with Gasteiger partial charge in [0.1, 0.15) is 28.6 Å². The number of Topliss-reactive ketones (excluding diaryl/α,β-unsaturated/α-hetero) is 1. The number of nitrogens with zero attached hydrogens (tertiary/aromatic N) is 6. The van der Waals surface area contributed by atoms with Crippen LogP contribution in [0, 0.1) is 5.92 Å². The van der Waals surface area contributed by atoms with Crippen LogP contribution in [0.1, 0.15) is 58.0 Å². The minimum atomic E-state index is -4.54. The van der Waals surface area contributed by atoms with E-state index in [-0.39, 0.29) is 30.3 Å². The first-order chi connectivity index (χ1) is 20.7. The van der Waals surface area contributed by atoms with Crippen LogP contribution in [0.15, 0.2) is 72.2 Å². The number of ether oxygens (including phenoxy) is 1. The van der Waals surface area contributed by atoms with E-state index in [2.05, 4.69) is 30.4 Å². The summed E-state index contributed by atoms with van der Waals surface area (Å²) in [4.78, 5) is 42.1. The Morgan fingerprint density at radius 3 is 2.51 bits per heavy atom. The number of carbonyl (C=O) groups is 2. The van der Waals surface area contributed by atoms with Gasteiger partial charge in [0.25, 0.3) is 0 Å². The fraction of sp³-hybridized carbons (Fsp3) is 0.300. The zero-order valence-electron chi connectivity index (χ0n) is 23.0. The third kappa shape index (κ3) is 5.20. The van der Waals surface area contributed by atoms with Crippen molar-refractivity contribution in [1.29, 1.82) is 0 Å². The molecule has 0 amide bonds. The van der Waals surface area contributed by atoms with E-state index in [0.29, 0.717) is 36.5 Å². The summed E-state index contributed by atoms with van der Waals surface area (Å²) in [7, 11) is 0. The smallest absolute Gasteiger partial charge is 0.376 e. The molecule has 220 valence electrons. The van der Waals surface area contributed by atoms with Crippen LogP contribution >= 0.6 is 0 Å². The molecule has 1 aromatic carbocycles. The number of alkyl halides is 3. The Bertz CT molecular complexity index is 1670. The Balaban J connectivity index is 1.26. The number of aliphatic imine (C=N–C) groups is 1. The first-order valence-electron chi connectivity index (χ1n) is 13.6. The van der Waals surface area contributed by atoms with Crippen molar-refractivity contribution in [3.05, 3.63) is 101 Å². The number of aromatic nitrogens is 5. The average Bonchev–Trinajstić information content (AvgIpc) is 3.45. The highest BCUT2D eigenvalue weighted by Crippen LogP contribution is 2.46. The van der Waals surface area contributed by atoms with Gasteiger partial charge in [-0.15, -0.1) is 0 Å². The molecular weight excluding hydrogens is 563 g/mol. The van der Waals surface area contributed by atoms with Crippen molar-refractivity contribution >= 4 is 23.7 Å². The monoisotopic (exact) mass is 589 g/mol. The molecule has 0 saturated heterocycles. The van der Waals surface area contributed by atoms with Gasteiger partial charge >= 0.3 is 6.18 Å². The van der Waals surface area contributed by atoms with E-state index in [0.717, 1.165) is 17.2 Å². The summed E-state index contributed by atoms with van der Waals surface area (Å²) in [6, 6.07) is 11.5. The van der Waals surface area contributed by atoms with Gasteiger partial charge in [-0.25, -0.2) is 14.6 Å². The maximum atomic E-state index is 13.9. The number of hydrogen-bond acceptors (Lipinski definition) is 9. The standard InChI is InChI=1S/C30H26F3N7O3/c1-18(21-7-8-24(34-12-21)30(31,32)33)40-26-23(14-38-40)13-37-28(39-26)29(27-35-10-20(15-41)11-36-27)9-22(25(29)42)17-43-16-19-5-3-2-4-6-19/h2-8,10-12,14-15,18,22H,9,13,16-17H2,1H3,(H,37,39)/t18-,22?,29?/m0/s1. The van der Waals surface area contributed by atoms with Crippen LogP contribution in [0.2, 0.25) is 0 Å². The number of anilines is 1. The van der Waals surface area contributed by atoms with Crippen LogP contribution in [0.25, 0.3) is 0 Å². The van der Waals surface area contributed by atoms with Crippen molar-refractivity contribution in [2.24, 2.45) is 10.9 Å². The second-order valence-corrected chi connectivity index (χ2v) is 10.5. The van der Waals surface area contributed by atoms with Crippen molar-refractivity contribution in [1.82, 2.24) is 24.7 Å². The molecule has 43 heavy (non-hydrogen) atoms. The van der Waals surface area contributed by atoms with Gasteiger partial charge in [-0.3, -0.25) is 19.6 Å². The molecule has 4 heterocycles. The number of hydrogen-bond donors (Lipinski definition) is 1. The summed E-state index contributed by atoms with van der Waals surface area (Å²) in [5.74, 6) is 0.509. The number of carbonyl (C=O) groups excluding carboxylic acids is 2. The molecule has 3 atom stereocenters. The highest BCUT2D eigenvalue weighted by molar-refractivity contribution is 6.22. The summed E-state index contributed by atoms with van der Waals surface area (Å²) in [6.45, 7) is 2.57. The molecule has 6 rings (SSSR count). The zero-order valence-corrected chi connectivity index (χ0v) is 23.0. The highest BCUT2D eigenvalue weighted by Gasteiger charge is 2.60. The Morgan fingerprint density at radius 2 is 1.86 bits per heavy atom. The highest BCUT2D eigenvalue weighted by atomic mass is 19.4. The van der Waals surface area contributed by atoms with Gasteiger partial charge in [0.15, 0.2) is 12.1 Å². The van der Waals surface area contributed by atoms with Crippen LogP contribution < -0.4 is 5.32 Å². The summed E-state index contributed by atoms with van der Waals surface area (Å²) in [5, 5.41) is 7.73. The molecule has 0 bridgehead atoms. The van der Waals surface area contributed by atoms with Gasteiger partial charge in [-0.1, -0.05) is 36.4 Å². The van der Waals surface area contributed by atoms with Crippen LogP contribution in [-0.4, -0.2) is 49.2 Å². The van der Waals surface area contributed by atoms with Crippen molar-refractivity contribution in [2.45, 2.75) is 44.1 Å². The van der Waals surface area contributed by atoms with E-state index in [1.54, 1.807) is 17.8 Å². The quantitative estimate of drug-likeness (QED) is 0.282. The largest absolute Gasteiger partial charge is 0.433 e. The molecule has 0 spiro atoms. The molecule has 10 nitrogen and oxygen atoms in total. The van der Waals surface area contributed by atoms with Crippen molar-refractivity contribution < 1.29 is 27.5 Å². The number of aldehydes is 1. The predicted molar refractivity (Wildman–Crippen MR) is 148 cm³/mol. The maximum Gasteiger partial charge on any atom is 0.433 e. The van der Waals surface area contributed by atoms with E-state index in [1.807, 2.05) is 30.3 Å². The van der Waals surface area contributed by atoms with Gasteiger partial charge in [0.2, 0.25) is 0 Å². The lowest BCUT2D eigenvalue weighted by molar-refractivity contribution is -0.141. The summed E-state index contributed by atoms with van der Waals surface area (Å²) < 4.78 is 46.6. The number of pyridine rings is 1. The van der Waals surface area contributed by atoms with Crippen molar-refractivity contribution in [3.8, 4) is 0 Å². The van der Waals surface area contributed by atoms with Gasteiger partial charge in [-0.05, 0) is 30.5 Å².